The second kappa shape index (κ2) is 7.02. The SMILES string of the molecule is CC(C)CCC[C@H](C)NCc1ccsc1. The van der Waals surface area contributed by atoms with Crippen molar-refractivity contribution in [3.63, 3.8) is 0 Å². The van der Waals surface area contributed by atoms with Gasteiger partial charge in [-0.1, -0.05) is 26.7 Å². The third kappa shape index (κ3) is 5.95. The molecule has 0 saturated heterocycles. The molecule has 0 unspecified atom stereocenters. The third-order valence-electron chi connectivity index (χ3n) is 2.65. The predicted molar refractivity (Wildman–Crippen MR) is 69.3 cm³/mol. The summed E-state index contributed by atoms with van der Waals surface area (Å²) in [6, 6.07) is 2.84. The van der Waals surface area contributed by atoms with Gasteiger partial charge in [-0.25, -0.2) is 0 Å². The lowest BCUT2D eigenvalue weighted by Crippen LogP contribution is -2.25. The highest BCUT2D eigenvalue weighted by atomic mass is 32.1. The van der Waals surface area contributed by atoms with Crippen molar-refractivity contribution in [1.82, 2.24) is 5.32 Å². The zero-order valence-corrected chi connectivity index (χ0v) is 10.9. The Morgan fingerprint density at radius 2 is 2.07 bits per heavy atom. The minimum Gasteiger partial charge on any atom is -0.310 e. The maximum absolute atomic E-state index is 3.57. The van der Waals surface area contributed by atoms with Crippen molar-refractivity contribution in [3.05, 3.63) is 22.4 Å². The molecule has 0 spiro atoms. The fraction of sp³-hybridized carbons (Fsp3) is 0.692. The maximum Gasteiger partial charge on any atom is 0.0216 e. The minimum atomic E-state index is 0.642. The van der Waals surface area contributed by atoms with Crippen LogP contribution in [0.3, 0.4) is 0 Å². The van der Waals surface area contributed by atoms with Crippen molar-refractivity contribution in [1.29, 1.82) is 0 Å². The standard InChI is InChI=1S/C13H23NS/c1-11(2)5-4-6-12(3)14-9-13-7-8-15-10-13/h7-8,10-12,14H,4-6,9H2,1-3H3/t12-/m0/s1. The fourth-order valence-electron chi connectivity index (χ4n) is 1.62. The van der Waals surface area contributed by atoms with Crippen LogP contribution < -0.4 is 5.32 Å². The number of hydrogen-bond donors (Lipinski definition) is 1. The van der Waals surface area contributed by atoms with Crippen molar-refractivity contribution in [2.75, 3.05) is 0 Å². The molecule has 1 rings (SSSR count). The van der Waals surface area contributed by atoms with E-state index in [1.54, 1.807) is 11.3 Å². The van der Waals surface area contributed by atoms with Gasteiger partial charge in [0.25, 0.3) is 0 Å². The molecular formula is C13H23NS. The van der Waals surface area contributed by atoms with Crippen LogP contribution in [-0.4, -0.2) is 6.04 Å². The molecule has 1 heterocycles. The lowest BCUT2D eigenvalue weighted by molar-refractivity contribution is 0.457. The Balaban J connectivity index is 2.06. The van der Waals surface area contributed by atoms with Crippen LogP contribution in [0.5, 0.6) is 0 Å². The molecule has 0 fully saturated rings. The summed E-state index contributed by atoms with van der Waals surface area (Å²) in [5.74, 6) is 0.842. The molecule has 1 aromatic rings. The van der Waals surface area contributed by atoms with Gasteiger partial charge in [-0.05, 0) is 41.7 Å². The third-order valence-corrected chi connectivity index (χ3v) is 3.39. The molecule has 1 nitrogen and oxygen atoms in total. The molecule has 1 aromatic heterocycles. The van der Waals surface area contributed by atoms with E-state index >= 15 is 0 Å². The summed E-state index contributed by atoms with van der Waals surface area (Å²) in [4.78, 5) is 0. The topological polar surface area (TPSA) is 12.0 Å². The van der Waals surface area contributed by atoms with Gasteiger partial charge in [0.2, 0.25) is 0 Å². The summed E-state index contributed by atoms with van der Waals surface area (Å²) in [6.45, 7) is 7.89. The predicted octanol–water partition coefficient (Wildman–Crippen LogP) is 4.05. The number of thiophene rings is 1. The summed E-state index contributed by atoms with van der Waals surface area (Å²) in [6.07, 6.45) is 3.99. The highest BCUT2D eigenvalue weighted by Gasteiger charge is 2.02. The molecule has 15 heavy (non-hydrogen) atoms. The minimum absolute atomic E-state index is 0.642. The highest BCUT2D eigenvalue weighted by Crippen LogP contribution is 2.09. The van der Waals surface area contributed by atoms with E-state index in [0.717, 1.165) is 12.5 Å². The zero-order valence-electron chi connectivity index (χ0n) is 10.1. The average Bonchev–Trinajstić information content (AvgIpc) is 2.66. The van der Waals surface area contributed by atoms with Crippen molar-refractivity contribution in [2.45, 2.75) is 52.6 Å². The molecule has 2 heteroatoms. The normalized spacial score (nSPS) is 13.3. The maximum atomic E-state index is 3.57. The Morgan fingerprint density at radius 1 is 1.27 bits per heavy atom. The molecular weight excluding hydrogens is 202 g/mol. The first-order chi connectivity index (χ1) is 7.18. The number of hydrogen-bond acceptors (Lipinski definition) is 2. The fourth-order valence-corrected chi connectivity index (χ4v) is 2.29. The molecule has 1 N–H and O–H groups in total. The summed E-state index contributed by atoms with van der Waals surface area (Å²) in [5, 5.41) is 7.92. The van der Waals surface area contributed by atoms with Crippen LogP contribution in [0.4, 0.5) is 0 Å². The van der Waals surface area contributed by atoms with Crippen LogP contribution >= 0.6 is 11.3 Å². The van der Waals surface area contributed by atoms with Crippen LogP contribution in [0.25, 0.3) is 0 Å². The van der Waals surface area contributed by atoms with Crippen LogP contribution in [-0.2, 0) is 6.54 Å². The van der Waals surface area contributed by atoms with Crippen molar-refractivity contribution < 1.29 is 0 Å². The van der Waals surface area contributed by atoms with E-state index in [9.17, 15) is 0 Å². The number of nitrogens with one attached hydrogen (secondary N) is 1. The van der Waals surface area contributed by atoms with Gasteiger partial charge in [-0.3, -0.25) is 0 Å². The van der Waals surface area contributed by atoms with Crippen LogP contribution in [0.2, 0.25) is 0 Å². The lowest BCUT2D eigenvalue weighted by Gasteiger charge is -2.13. The van der Waals surface area contributed by atoms with Gasteiger partial charge in [0, 0.05) is 12.6 Å². The average molecular weight is 225 g/mol. The van der Waals surface area contributed by atoms with E-state index < -0.39 is 0 Å². The van der Waals surface area contributed by atoms with Gasteiger partial charge in [-0.15, -0.1) is 0 Å². The summed E-state index contributed by atoms with van der Waals surface area (Å²) < 4.78 is 0. The summed E-state index contributed by atoms with van der Waals surface area (Å²) in [5.41, 5.74) is 1.41. The molecule has 0 amide bonds. The van der Waals surface area contributed by atoms with Gasteiger partial charge in [0.15, 0.2) is 0 Å². The van der Waals surface area contributed by atoms with Gasteiger partial charge >= 0.3 is 0 Å². The quantitative estimate of drug-likeness (QED) is 0.738. The molecule has 0 aromatic carbocycles. The van der Waals surface area contributed by atoms with Gasteiger partial charge in [-0.2, -0.15) is 11.3 Å². The largest absolute Gasteiger partial charge is 0.310 e. The van der Waals surface area contributed by atoms with Crippen LogP contribution in [0.1, 0.15) is 45.6 Å². The zero-order chi connectivity index (χ0) is 11.1. The molecule has 0 radical (unpaired) electrons. The van der Waals surface area contributed by atoms with Crippen molar-refractivity contribution in [2.24, 2.45) is 5.92 Å². The molecule has 86 valence electrons. The van der Waals surface area contributed by atoms with Crippen LogP contribution in [0.15, 0.2) is 16.8 Å². The van der Waals surface area contributed by atoms with Crippen molar-refractivity contribution in [3.8, 4) is 0 Å². The molecule has 0 bridgehead atoms. The van der Waals surface area contributed by atoms with Crippen molar-refractivity contribution >= 4 is 11.3 Å². The van der Waals surface area contributed by atoms with Gasteiger partial charge < -0.3 is 5.32 Å². The Labute approximate surface area is 97.9 Å². The molecule has 0 aliphatic carbocycles. The van der Waals surface area contributed by atoms with E-state index in [2.05, 4.69) is 42.9 Å². The Bertz CT molecular complexity index is 241. The Morgan fingerprint density at radius 3 is 2.67 bits per heavy atom. The molecule has 0 saturated carbocycles. The molecule has 1 atom stereocenters. The molecule has 0 aliphatic heterocycles. The Hall–Kier alpha value is -0.340. The van der Waals surface area contributed by atoms with E-state index in [-0.39, 0.29) is 0 Å². The van der Waals surface area contributed by atoms with Gasteiger partial charge in [0.05, 0.1) is 0 Å². The second-order valence-corrected chi connectivity index (χ2v) is 5.52. The van der Waals surface area contributed by atoms with Gasteiger partial charge in [0.1, 0.15) is 0 Å². The van der Waals surface area contributed by atoms with E-state index in [0.29, 0.717) is 6.04 Å². The second-order valence-electron chi connectivity index (χ2n) is 4.74. The lowest BCUT2D eigenvalue weighted by atomic mass is 10.0. The monoisotopic (exact) mass is 225 g/mol. The highest BCUT2D eigenvalue weighted by molar-refractivity contribution is 7.07. The van der Waals surface area contributed by atoms with E-state index in [4.69, 9.17) is 0 Å². The van der Waals surface area contributed by atoms with Crippen LogP contribution in [0, 0.1) is 5.92 Å². The Kier molecular flexibility index (Phi) is 5.96. The summed E-state index contributed by atoms with van der Waals surface area (Å²) >= 11 is 1.77. The van der Waals surface area contributed by atoms with E-state index in [1.807, 2.05) is 0 Å². The molecule has 0 aliphatic rings. The first kappa shape index (κ1) is 12.7. The first-order valence-electron chi connectivity index (χ1n) is 5.93. The summed E-state index contributed by atoms with van der Waals surface area (Å²) in [7, 11) is 0. The van der Waals surface area contributed by atoms with E-state index in [1.165, 1.54) is 24.8 Å². The smallest absolute Gasteiger partial charge is 0.0216 e. The first-order valence-corrected chi connectivity index (χ1v) is 6.87. The number of rotatable bonds is 7.